The van der Waals surface area contributed by atoms with Crippen LogP contribution in [-0.4, -0.2) is 17.3 Å². The van der Waals surface area contributed by atoms with Crippen LogP contribution in [-0.2, 0) is 0 Å². The van der Waals surface area contributed by atoms with Crippen molar-refractivity contribution in [2.45, 2.75) is 44.8 Å². The molecule has 1 saturated carbocycles. The van der Waals surface area contributed by atoms with Gasteiger partial charge in [-0.3, -0.25) is 0 Å². The highest BCUT2D eigenvalue weighted by Gasteiger charge is 2.25. The zero-order chi connectivity index (χ0) is 15.5. The Morgan fingerprint density at radius 2 is 2.05 bits per heavy atom. The van der Waals surface area contributed by atoms with Crippen molar-refractivity contribution < 1.29 is 14.2 Å². The van der Waals surface area contributed by atoms with Gasteiger partial charge in [0.15, 0.2) is 0 Å². The molecule has 22 heavy (non-hydrogen) atoms. The average Bonchev–Trinajstić information content (AvgIpc) is 2.89. The van der Waals surface area contributed by atoms with E-state index in [9.17, 15) is 9.50 Å². The van der Waals surface area contributed by atoms with Crippen molar-refractivity contribution in [1.82, 2.24) is 0 Å². The molecular formula is C17H20FNO2S. The summed E-state index contributed by atoms with van der Waals surface area (Å²) in [5, 5.41) is 15.3. The Morgan fingerprint density at radius 3 is 2.77 bits per heavy atom. The molecule has 3 nitrogen and oxygen atoms in total. The smallest absolute Gasteiger partial charge is 0.146 e. The van der Waals surface area contributed by atoms with E-state index in [0.717, 1.165) is 41.9 Å². The van der Waals surface area contributed by atoms with Gasteiger partial charge in [-0.15, -0.1) is 11.3 Å². The lowest BCUT2D eigenvalue weighted by molar-refractivity contribution is 0.00712. The maximum Gasteiger partial charge on any atom is 0.146 e. The second-order valence-corrected chi connectivity index (χ2v) is 6.78. The molecule has 5 heteroatoms. The Kier molecular flexibility index (Phi) is 4.64. The fraction of sp³-hybridized carbons (Fsp3) is 0.412. The highest BCUT2D eigenvalue weighted by Crippen LogP contribution is 2.34. The molecule has 1 heterocycles. The van der Waals surface area contributed by atoms with Crippen molar-refractivity contribution in [1.29, 1.82) is 0 Å². The fourth-order valence-corrected chi connectivity index (χ4v) is 3.39. The van der Waals surface area contributed by atoms with Crippen LogP contribution in [0.4, 0.5) is 15.8 Å². The van der Waals surface area contributed by atoms with Gasteiger partial charge in [-0.25, -0.2) is 4.39 Å². The highest BCUT2D eigenvalue weighted by atomic mass is 32.1. The molecule has 0 radical (unpaired) electrons. The van der Waals surface area contributed by atoms with Crippen LogP contribution in [0.25, 0.3) is 0 Å². The number of rotatable bonds is 4. The summed E-state index contributed by atoms with van der Waals surface area (Å²) >= 11 is 1.65. The van der Waals surface area contributed by atoms with E-state index < -0.39 is 6.10 Å². The van der Waals surface area contributed by atoms with Gasteiger partial charge < -0.3 is 15.2 Å². The van der Waals surface area contributed by atoms with Gasteiger partial charge in [-0.2, -0.15) is 0 Å². The number of halogens is 1. The monoisotopic (exact) mass is 321 g/mol. The Hall–Kier alpha value is -1.59. The van der Waals surface area contributed by atoms with E-state index in [-0.39, 0.29) is 11.9 Å². The molecule has 2 atom stereocenters. The summed E-state index contributed by atoms with van der Waals surface area (Å²) in [6, 6.07) is 6.46. The Balaban J connectivity index is 1.82. The third-order valence-electron chi connectivity index (χ3n) is 4.02. The van der Waals surface area contributed by atoms with Crippen LogP contribution in [0, 0.1) is 12.7 Å². The van der Waals surface area contributed by atoms with Gasteiger partial charge in [0.25, 0.3) is 0 Å². The van der Waals surface area contributed by atoms with E-state index in [1.165, 1.54) is 12.1 Å². The molecule has 0 saturated heterocycles. The molecule has 2 N–H and O–H groups in total. The summed E-state index contributed by atoms with van der Waals surface area (Å²) in [6.07, 6.45) is 2.85. The summed E-state index contributed by atoms with van der Waals surface area (Å²) in [4.78, 5) is 1.16. The Labute approximate surface area is 133 Å². The van der Waals surface area contributed by atoms with Gasteiger partial charge in [0.1, 0.15) is 17.7 Å². The lowest BCUT2D eigenvalue weighted by atomic mass is 9.95. The second-order valence-electron chi connectivity index (χ2n) is 5.66. The molecule has 1 aliphatic carbocycles. The molecule has 0 aliphatic heterocycles. The van der Waals surface area contributed by atoms with Gasteiger partial charge in [0, 0.05) is 10.9 Å². The summed E-state index contributed by atoms with van der Waals surface area (Å²) in [5.74, 6) is 0.115. The van der Waals surface area contributed by atoms with E-state index in [1.54, 1.807) is 17.4 Å². The van der Waals surface area contributed by atoms with Crippen LogP contribution in [0.2, 0.25) is 0 Å². The molecule has 0 bridgehead atoms. The van der Waals surface area contributed by atoms with Crippen LogP contribution in [0.3, 0.4) is 0 Å². The minimum absolute atomic E-state index is 0.264. The summed E-state index contributed by atoms with van der Waals surface area (Å²) in [6.45, 7) is 2.03. The first kappa shape index (κ1) is 15.3. The molecule has 0 spiro atoms. The fourth-order valence-electron chi connectivity index (χ4n) is 2.73. The number of benzene rings is 1. The lowest BCUT2D eigenvalue weighted by Gasteiger charge is -2.29. The minimum Gasteiger partial charge on any atom is -0.485 e. The Morgan fingerprint density at radius 1 is 1.23 bits per heavy atom. The molecular weight excluding hydrogens is 301 g/mol. The topological polar surface area (TPSA) is 41.5 Å². The number of hydrogen-bond acceptors (Lipinski definition) is 4. The number of nitrogens with one attached hydrogen (secondary N) is 1. The van der Waals surface area contributed by atoms with Crippen LogP contribution >= 0.6 is 11.3 Å². The van der Waals surface area contributed by atoms with Crippen LogP contribution in [0.5, 0.6) is 5.75 Å². The third kappa shape index (κ3) is 3.42. The number of thiophene rings is 1. The zero-order valence-electron chi connectivity index (χ0n) is 12.5. The van der Waals surface area contributed by atoms with Crippen molar-refractivity contribution in [3.05, 3.63) is 40.3 Å². The van der Waals surface area contributed by atoms with Crippen molar-refractivity contribution in [3.63, 3.8) is 0 Å². The largest absolute Gasteiger partial charge is 0.485 e. The van der Waals surface area contributed by atoms with Gasteiger partial charge in [0.2, 0.25) is 0 Å². The number of ether oxygens (including phenoxy) is 1. The van der Waals surface area contributed by atoms with Gasteiger partial charge in [-0.1, -0.05) is 6.42 Å². The second kappa shape index (κ2) is 6.67. The highest BCUT2D eigenvalue weighted by molar-refractivity contribution is 7.10. The SMILES string of the molecule is Cc1sccc1Nc1ccc(F)cc1O[C@@H]1CCCC[C@@H]1O. The molecule has 0 unspecified atom stereocenters. The number of aliphatic hydroxyl groups excluding tert-OH is 1. The van der Waals surface area contributed by atoms with Crippen LogP contribution in [0.1, 0.15) is 30.6 Å². The normalized spacial score (nSPS) is 21.6. The van der Waals surface area contributed by atoms with Gasteiger partial charge >= 0.3 is 0 Å². The van der Waals surface area contributed by atoms with E-state index in [0.29, 0.717) is 5.75 Å². The van der Waals surface area contributed by atoms with Gasteiger partial charge in [0.05, 0.1) is 17.5 Å². The molecule has 0 amide bonds. The average molecular weight is 321 g/mol. The maximum absolute atomic E-state index is 13.6. The van der Waals surface area contributed by atoms with Crippen LogP contribution in [0.15, 0.2) is 29.6 Å². The van der Waals surface area contributed by atoms with E-state index in [4.69, 9.17) is 4.74 Å². The van der Waals surface area contributed by atoms with Crippen molar-refractivity contribution >= 4 is 22.7 Å². The molecule has 3 rings (SSSR count). The first-order valence-corrected chi connectivity index (χ1v) is 8.47. The lowest BCUT2D eigenvalue weighted by Crippen LogP contribution is -2.34. The van der Waals surface area contributed by atoms with Crippen LogP contribution < -0.4 is 10.1 Å². The molecule has 118 valence electrons. The quantitative estimate of drug-likeness (QED) is 0.863. The van der Waals surface area contributed by atoms with Gasteiger partial charge in [-0.05, 0) is 49.8 Å². The third-order valence-corrected chi connectivity index (χ3v) is 4.86. The summed E-state index contributed by atoms with van der Waals surface area (Å²) < 4.78 is 19.5. The molecule has 1 fully saturated rings. The summed E-state index contributed by atoms with van der Waals surface area (Å²) in [5.41, 5.74) is 1.71. The van der Waals surface area contributed by atoms with Crippen molar-refractivity contribution in [2.75, 3.05) is 5.32 Å². The van der Waals surface area contributed by atoms with Crippen molar-refractivity contribution in [3.8, 4) is 5.75 Å². The van der Waals surface area contributed by atoms with E-state index in [2.05, 4.69) is 5.32 Å². The van der Waals surface area contributed by atoms with E-state index in [1.807, 2.05) is 18.4 Å². The predicted octanol–water partition coefficient (Wildman–Crippen LogP) is 4.62. The zero-order valence-corrected chi connectivity index (χ0v) is 13.3. The first-order chi connectivity index (χ1) is 10.6. The van der Waals surface area contributed by atoms with E-state index >= 15 is 0 Å². The Bertz CT molecular complexity index is 643. The minimum atomic E-state index is -0.479. The number of aliphatic hydroxyl groups is 1. The standard InChI is InChI=1S/C17H20FNO2S/c1-11-13(8-9-22-11)19-14-7-6-12(18)10-17(14)21-16-5-3-2-4-15(16)20/h6-10,15-16,19-20H,2-5H2,1H3/t15-,16+/m0/s1. The number of aryl methyl sites for hydroxylation is 1. The van der Waals surface area contributed by atoms with Crippen molar-refractivity contribution in [2.24, 2.45) is 0 Å². The summed E-state index contributed by atoms with van der Waals surface area (Å²) in [7, 11) is 0. The first-order valence-electron chi connectivity index (χ1n) is 7.59. The molecule has 2 aromatic rings. The molecule has 1 aromatic carbocycles. The maximum atomic E-state index is 13.6. The predicted molar refractivity (Wildman–Crippen MR) is 87.6 cm³/mol. The number of hydrogen-bond donors (Lipinski definition) is 2. The molecule has 1 aromatic heterocycles. The number of anilines is 2. The molecule has 1 aliphatic rings.